The largest absolute Gasteiger partial charge is 0.459 e. The molecule has 0 aromatic heterocycles. The molecule has 4 nitrogen and oxygen atoms in total. The van der Waals surface area contributed by atoms with Crippen molar-refractivity contribution in [3.8, 4) is 0 Å². The lowest BCUT2D eigenvalue weighted by molar-refractivity contribution is -0.142. The molecule has 3 rings (SSSR count). The van der Waals surface area contributed by atoms with Crippen molar-refractivity contribution in [2.45, 2.75) is 32.3 Å². The molecule has 0 bridgehead atoms. The predicted molar refractivity (Wildman–Crippen MR) is 103 cm³/mol. The number of rotatable bonds is 6. The van der Waals surface area contributed by atoms with Crippen LogP contribution in [0, 0.1) is 0 Å². The molecule has 4 heteroatoms. The number of ether oxygens (including phenoxy) is 1. The van der Waals surface area contributed by atoms with E-state index in [0.29, 0.717) is 12.8 Å². The highest BCUT2D eigenvalue weighted by Crippen LogP contribution is 2.21. The third-order valence-electron chi connectivity index (χ3n) is 4.37. The van der Waals surface area contributed by atoms with E-state index < -0.39 is 0 Å². The smallest absolute Gasteiger partial charge is 0.331 e. The lowest BCUT2D eigenvalue weighted by Gasteiger charge is -2.15. The Morgan fingerprint density at radius 2 is 1.88 bits per heavy atom. The minimum Gasteiger partial charge on any atom is -0.459 e. The molecule has 1 atom stereocenters. The SMILES string of the molecule is CC(Cc1ccccc1)OC(=O)/C=C/c1ccc(N2CCCC2=O)cc1. The lowest BCUT2D eigenvalue weighted by Crippen LogP contribution is -2.23. The van der Waals surface area contributed by atoms with Crippen LogP contribution in [0.25, 0.3) is 6.08 Å². The molecule has 0 spiro atoms. The van der Waals surface area contributed by atoms with Crippen LogP contribution in [0.15, 0.2) is 60.7 Å². The van der Waals surface area contributed by atoms with Gasteiger partial charge in [0.15, 0.2) is 0 Å². The zero-order valence-electron chi connectivity index (χ0n) is 14.9. The Hall–Kier alpha value is -2.88. The van der Waals surface area contributed by atoms with E-state index in [0.717, 1.165) is 29.8 Å². The number of benzene rings is 2. The van der Waals surface area contributed by atoms with Gasteiger partial charge in [0.2, 0.25) is 5.91 Å². The van der Waals surface area contributed by atoms with Crippen LogP contribution >= 0.6 is 0 Å². The summed E-state index contributed by atoms with van der Waals surface area (Å²) in [6, 6.07) is 17.6. The second kappa shape index (κ2) is 8.48. The summed E-state index contributed by atoms with van der Waals surface area (Å²) in [7, 11) is 0. The predicted octanol–water partition coefficient (Wildman–Crippen LogP) is 4.00. The van der Waals surface area contributed by atoms with Gasteiger partial charge >= 0.3 is 5.97 Å². The maximum Gasteiger partial charge on any atom is 0.331 e. The van der Waals surface area contributed by atoms with Gasteiger partial charge in [-0.15, -0.1) is 0 Å². The molecule has 2 aromatic carbocycles. The van der Waals surface area contributed by atoms with Gasteiger partial charge in [-0.2, -0.15) is 0 Å². The fourth-order valence-electron chi connectivity index (χ4n) is 3.08. The van der Waals surface area contributed by atoms with Crippen molar-refractivity contribution in [3.63, 3.8) is 0 Å². The normalized spacial score (nSPS) is 15.4. The van der Waals surface area contributed by atoms with Gasteiger partial charge in [0.05, 0.1) is 0 Å². The Balaban J connectivity index is 1.52. The molecule has 0 N–H and O–H groups in total. The second-order valence-electron chi connectivity index (χ2n) is 6.51. The molecule has 1 fully saturated rings. The molecule has 1 heterocycles. The Morgan fingerprint density at radius 3 is 2.54 bits per heavy atom. The first kappa shape index (κ1) is 17.9. The van der Waals surface area contributed by atoms with Crippen molar-refractivity contribution >= 4 is 23.6 Å². The van der Waals surface area contributed by atoms with Crippen LogP contribution in [0.3, 0.4) is 0 Å². The van der Waals surface area contributed by atoms with Gasteiger partial charge in [0.25, 0.3) is 0 Å². The standard InChI is InChI=1S/C22H23NO3/c1-17(16-19-6-3-2-4-7-19)26-22(25)14-11-18-9-12-20(13-10-18)23-15-5-8-21(23)24/h2-4,6-7,9-14,17H,5,8,15-16H2,1H3/b14-11+. The first-order chi connectivity index (χ1) is 12.6. The maximum absolute atomic E-state index is 12.0. The molecule has 0 radical (unpaired) electrons. The molecule has 1 aliphatic rings. The number of nitrogens with zero attached hydrogens (tertiary/aromatic N) is 1. The highest BCUT2D eigenvalue weighted by molar-refractivity contribution is 5.95. The highest BCUT2D eigenvalue weighted by Gasteiger charge is 2.21. The van der Waals surface area contributed by atoms with Gasteiger partial charge in [-0.3, -0.25) is 4.79 Å². The Labute approximate surface area is 154 Å². The summed E-state index contributed by atoms with van der Waals surface area (Å²) in [5.74, 6) is -0.184. The first-order valence-corrected chi connectivity index (χ1v) is 8.95. The van der Waals surface area contributed by atoms with Crippen molar-refractivity contribution in [3.05, 3.63) is 71.8 Å². The monoisotopic (exact) mass is 349 g/mol. The van der Waals surface area contributed by atoms with Gasteiger partial charge in [-0.1, -0.05) is 42.5 Å². The van der Waals surface area contributed by atoms with E-state index in [1.165, 1.54) is 6.08 Å². The average Bonchev–Trinajstić information content (AvgIpc) is 3.07. The van der Waals surface area contributed by atoms with Crippen molar-refractivity contribution in [2.75, 3.05) is 11.4 Å². The summed E-state index contributed by atoms with van der Waals surface area (Å²) < 4.78 is 5.42. The van der Waals surface area contributed by atoms with Crippen LogP contribution in [0.4, 0.5) is 5.69 Å². The second-order valence-corrected chi connectivity index (χ2v) is 6.51. The fourth-order valence-corrected chi connectivity index (χ4v) is 3.08. The molecule has 2 aromatic rings. The molecule has 1 saturated heterocycles. The summed E-state index contributed by atoms with van der Waals surface area (Å²) in [4.78, 5) is 25.5. The van der Waals surface area contributed by atoms with E-state index in [-0.39, 0.29) is 18.0 Å². The molecule has 0 aliphatic carbocycles. The number of carbonyl (C=O) groups excluding carboxylic acids is 2. The first-order valence-electron chi connectivity index (χ1n) is 8.95. The molecule has 1 aliphatic heterocycles. The number of hydrogen-bond donors (Lipinski definition) is 0. The van der Waals surface area contributed by atoms with Crippen molar-refractivity contribution in [2.24, 2.45) is 0 Å². The van der Waals surface area contributed by atoms with Crippen LogP contribution in [-0.2, 0) is 20.7 Å². The minimum atomic E-state index is -0.354. The molecule has 26 heavy (non-hydrogen) atoms. The van der Waals surface area contributed by atoms with Crippen molar-refractivity contribution in [1.82, 2.24) is 0 Å². The number of carbonyl (C=O) groups is 2. The topological polar surface area (TPSA) is 46.6 Å². The quantitative estimate of drug-likeness (QED) is 0.585. The molecule has 1 amide bonds. The maximum atomic E-state index is 12.0. The number of hydrogen-bond acceptors (Lipinski definition) is 3. The molecule has 0 saturated carbocycles. The molecular formula is C22H23NO3. The van der Waals surface area contributed by atoms with Gasteiger partial charge in [-0.25, -0.2) is 4.79 Å². The molecular weight excluding hydrogens is 326 g/mol. The summed E-state index contributed by atoms with van der Waals surface area (Å²) in [6.07, 6.45) is 5.21. The van der Waals surface area contributed by atoms with E-state index in [1.807, 2.05) is 61.5 Å². The van der Waals surface area contributed by atoms with E-state index in [4.69, 9.17) is 4.74 Å². The Kier molecular flexibility index (Phi) is 5.84. The Morgan fingerprint density at radius 1 is 1.15 bits per heavy atom. The minimum absolute atomic E-state index is 0.171. The zero-order chi connectivity index (χ0) is 18.4. The third-order valence-corrected chi connectivity index (χ3v) is 4.37. The zero-order valence-corrected chi connectivity index (χ0v) is 14.9. The van der Waals surface area contributed by atoms with Crippen LogP contribution in [0.2, 0.25) is 0 Å². The van der Waals surface area contributed by atoms with Gasteiger partial charge in [0.1, 0.15) is 6.10 Å². The van der Waals surface area contributed by atoms with Gasteiger partial charge in [0, 0.05) is 31.1 Å². The van der Waals surface area contributed by atoms with E-state index >= 15 is 0 Å². The fraction of sp³-hybridized carbons (Fsp3) is 0.273. The lowest BCUT2D eigenvalue weighted by atomic mass is 10.1. The van der Waals surface area contributed by atoms with Gasteiger partial charge < -0.3 is 9.64 Å². The summed E-state index contributed by atoms with van der Waals surface area (Å²) in [6.45, 7) is 2.67. The van der Waals surface area contributed by atoms with Crippen LogP contribution in [-0.4, -0.2) is 24.5 Å². The van der Waals surface area contributed by atoms with E-state index in [1.54, 1.807) is 11.0 Å². The van der Waals surface area contributed by atoms with Gasteiger partial charge in [-0.05, 0) is 42.7 Å². The van der Waals surface area contributed by atoms with Crippen molar-refractivity contribution < 1.29 is 14.3 Å². The molecule has 134 valence electrons. The van der Waals surface area contributed by atoms with Crippen LogP contribution < -0.4 is 4.90 Å². The average molecular weight is 349 g/mol. The van der Waals surface area contributed by atoms with E-state index in [9.17, 15) is 9.59 Å². The number of esters is 1. The highest BCUT2D eigenvalue weighted by atomic mass is 16.5. The van der Waals surface area contributed by atoms with Crippen molar-refractivity contribution in [1.29, 1.82) is 0 Å². The third kappa shape index (κ3) is 4.82. The number of amides is 1. The molecule has 1 unspecified atom stereocenters. The summed E-state index contributed by atoms with van der Waals surface area (Å²) >= 11 is 0. The van der Waals surface area contributed by atoms with Crippen LogP contribution in [0.1, 0.15) is 30.9 Å². The van der Waals surface area contributed by atoms with E-state index in [2.05, 4.69) is 0 Å². The van der Waals surface area contributed by atoms with Crippen LogP contribution in [0.5, 0.6) is 0 Å². The number of anilines is 1. The summed E-state index contributed by atoms with van der Waals surface area (Å²) in [5.41, 5.74) is 2.94. The Bertz CT molecular complexity index is 781. The summed E-state index contributed by atoms with van der Waals surface area (Å²) in [5, 5.41) is 0.